The van der Waals surface area contributed by atoms with Crippen molar-refractivity contribution in [2.75, 3.05) is 36.2 Å². The molecule has 0 fully saturated rings. The molecule has 0 aliphatic carbocycles. The van der Waals surface area contributed by atoms with Crippen LogP contribution in [0.25, 0.3) is 11.4 Å². The molecule has 0 aliphatic rings. The molecule has 34 heavy (non-hydrogen) atoms. The lowest BCUT2D eigenvalue weighted by Crippen LogP contribution is -2.35. The molecule has 0 saturated heterocycles. The van der Waals surface area contributed by atoms with Gasteiger partial charge < -0.3 is 19.5 Å². The predicted octanol–water partition coefficient (Wildman–Crippen LogP) is 4.26. The molecule has 2 N–H and O–H groups in total. The van der Waals surface area contributed by atoms with Gasteiger partial charge in [0.1, 0.15) is 5.75 Å². The van der Waals surface area contributed by atoms with Crippen LogP contribution in [0.3, 0.4) is 0 Å². The first-order chi connectivity index (χ1) is 16.5. The minimum atomic E-state index is -0.596. The standard InChI is InChI=1S/C24H30N6O3S/c1-5-29(6-2)19-12-8-17(9-13-19)22-27-28-24(30(22)7-3)34-16-21(31)26-23(32)25-18-10-14-20(33-4)15-11-18/h8-15H,5-7,16H2,1-4H3,(H2,25,26,31,32). The van der Waals surface area contributed by atoms with Crippen LogP contribution in [0.15, 0.2) is 53.7 Å². The van der Waals surface area contributed by atoms with Crippen molar-refractivity contribution in [2.45, 2.75) is 32.5 Å². The normalized spacial score (nSPS) is 10.6. The molecule has 3 rings (SSSR count). The molecule has 3 aromatic rings. The van der Waals surface area contributed by atoms with Gasteiger partial charge in [-0.3, -0.25) is 10.1 Å². The van der Waals surface area contributed by atoms with Gasteiger partial charge in [-0.2, -0.15) is 0 Å². The summed E-state index contributed by atoms with van der Waals surface area (Å²) in [6.45, 7) is 8.82. The lowest BCUT2D eigenvalue weighted by atomic mass is 10.2. The van der Waals surface area contributed by atoms with E-state index < -0.39 is 11.9 Å². The fraction of sp³-hybridized carbons (Fsp3) is 0.333. The van der Waals surface area contributed by atoms with E-state index in [1.165, 1.54) is 11.8 Å². The van der Waals surface area contributed by atoms with Gasteiger partial charge in [0, 0.05) is 36.6 Å². The van der Waals surface area contributed by atoms with Gasteiger partial charge in [0.25, 0.3) is 0 Å². The highest BCUT2D eigenvalue weighted by Crippen LogP contribution is 2.26. The zero-order valence-electron chi connectivity index (χ0n) is 19.9. The van der Waals surface area contributed by atoms with Gasteiger partial charge >= 0.3 is 6.03 Å². The maximum Gasteiger partial charge on any atom is 0.325 e. The Morgan fingerprint density at radius 1 is 1.00 bits per heavy atom. The van der Waals surface area contributed by atoms with E-state index in [1.54, 1.807) is 31.4 Å². The van der Waals surface area contributed by atoms with Crippen molar-refractivity contribution in [2.24, 2.45) is 0 Å². The van der Waals surface area contributed by atoms with Gasteiger partial charge in [0.2, 0.25) is 5.91 Å². The molecule has 0 radical (unpaired) electrons. The molecule has 10 heteroatoms. The molecule has 0 bridgehead atoms. The average Bonchev–Trinajstić information content (AvgIpc) is 3.27. The van der Waals surface area contributed by atoms with Crippen LogP contribution in [0.5, 0.6) is 5.75 Å². The highest BCUT2D eigenvalue weighted by atomic mass is 32.2. The molecule has 0 saturated carbocycles. The third-order valence-corrected chi connectivity index (χ3v) is 6.19. The van der Waals surface area contributed by atoms with Crippen LogP contribution < -0.4 is 20.3 Å². The zero-order chi connectivity index (χ0) is 24.5. The Labute approximate surface area is 203 Å². The van der Waals surface area contributed by atoms with Crippen LogP contribution >= 0.6 is 11.8 Å². The summed E-state index contributed by atoms with van der Waals surface area (Å²) in [5.74, 6) is 1.04. The summed E-state index contributed by atoms with van der Waals surface area (Å²) >= 11 is 1.24. The first-order valence-electron chi connectivity index (χ1n) is 11.1. The van der Waals surface area contributed by atoms with E-state index in [-0.39, 0.29) is 5.75 Å². The third kappa shape index (κ3) is 6.28. The van der Waals surface area contributed by atoms with E-state index in [0.717, 1.165) is 30.2 Å². The summed E-state index contributed by atoms with van der Waals surface area (Å²) in [6.07, 6.45) is 0. The number of urea groups is 1. The number of imide groups is 1. The molecule has 9 nitrogen and oxygen atoms in total. The number of anilines is 2. The number of carbonyl (C=O) groups excluding carboxylic acids is 2. The van der Waals surface area contributed by atoms with Gasteiger partial charge in [-0.25, -0.2) is 4.79 Å². The van der Waals surface area contributed by atoms with Crippen LogP contribution in [0, 0.1) is 0 Å². The number of aromatic nitrogens is 3. The van der Waals surface area contributed by atoms with Gasteiger partial charge in [-0.15, -0.1) is 10.2 Å². The Morgan fingerprint density at radius 2 is 1.68 bits per heavy atom. The number of nitrogens with zero attached hydrogens (tertiary/aromatic N) is 4. The molecule has 0 atom stereocenters. The summed E-state index contributed by atoms with van der Waals surface area (Å²) in [6, 6.07) is 14.5. The topological polar surface area (TPSA) is 101 Å². The smallest absolute Gasteiger partial charge is 0.325 e. The SMILES string of the molecule is CCN(CC)c1ccc(-c2nnc(SCC(=O)NC(=O)Nc3ccc(OC)cc3)n2CC)cc1. The van der Waals surface area contributed by atoms with Crippen LogP contribution in [-0.2, 0) is 11.3 Å². The van der Waals surface area contributed by atoms with Gasteiger partial charge in [0.05, 0.1) is 12.9 Å². The Balaban J connectivity index is 1.58. The summed E-state index contributed by atoms with van der Waals surface area (Å²) in [5, 5.41) is 14.2. The van der Waals surface area contributed by atoms with Crippen molar-refractivity contribution in [3.05, 3.63) is 48.5 Å². The number of hydrogen-bond acceptors (Lipinski definition) is 7. The second-order valence-electron chi connectivity index (χ2n) is 7.29. The molecule has 0 unspecified atom stereocenters. The lowest BCUT2D eigenvalue weighted by Gasteiger charge is -2.21. The van der Waals surface area contributed by atoms with E-state index in [4.69, 9.17) is 4.74 Å². The van der Waals surface area contributed by atoms with Crippen molar-refractivity contribution in [3.63, 3.8) is 0 Å². The Bertz CT molecular complexity index is 1090. The number of amides is 3. The fourth-order valence-corrected chi connectivity index (χ4v) is 4.24. The Morgan fingerprint density at radius 3 is 2.26 bits per heavy atom. The average molecular weight is 483 g/mol. The molecular weight excluding hydrogens is 452 g/mol. The van der Waals surface area contributed by atoms with Crippen molar-refractivity contribution >= 4 is 35.1 Å². The van der Waals surface area contributed by atoms with Crippen molar-refractivity contribution in [1.29, 1.82) is 0 Å². The number of benzene rings is 2. The third-order valence-electron chi connectivity index (χ3n) is 5.22. The second kappa shape index (κ2) is 12.1. The molecular formula is C24H30N6O3S. The number of carbonyl (C=O) groups is 2. The molecule has 2 aromatic carbocycles. The molecule has 180 valence electrons. The lowest BCUT2D eigenvalue weighted by molar-refractivity contribution is -0.117. The van der Waals surface area contributed by atoms with Crippen molar-refractivity contribution in [1.82, 2.24) is 20.1 Å². The summed E-state index contributed by atoms with van der Waals surface area (Å²) in [7, 11) is 1.57. The first-order valence-corrected chi connectivity index (χ1v) is 12.1. The highest BCUT2D eigenvalue weighted by molar-refractivity contribution is 7.99. The largest absolute Gasteiger partial charge is 0.497 e. The van der Waals surface area contributed by atoms with Gasteiger partial charge in [0.15, 0.2) is 11.0 Å². The molecule has 0 spiro atoms. The molecule has 1 aromatic heterocycles. The predicted molar refractivity (Wildman–Crippen MR) is 136 cm³/mol. The quantitative estimate of drug-likeness (QED) is 0.416. The maximum atomic E-state index is 12.3. The van der Waals surface area contributed by atoms with Gasteiger partial charge in [-0.05, 0) is 69.3 Å². The first kappa shape index (κ1) is 25.1. The zero-order valence-corrected chi connectivity index (χ0v) is 20.7. The Kier molecular flexibility index (Phi) is 8.92. The summed E-state index contributed by atoms with van der Waals surface area (Å²) < 4.78 is 7.05. The molecule has 0 aliphatic heterocycles. The van der Waals surface area contributed by atoms with Crippen LogP contribution in [0.1, 0.15) is 20.8 Å². The molecule has 3 amide bonds. The highest BCUT2D eigenvalue weighted by Gasteiger charge is 2.16. The van der Waals surface area contributed by atoms with Gasteiger partial charge in [-0.1, -0.05) is 11.8 Å². The molecule has 1 heterocycles. The number of ether oxygens (including phenoxy) is 1. The maximum absolute atomic E-state index is 12.3. The van der Waals surface area contributed by atoms with E-state index in [9.17, 15) is 9.59 Å². The van der Waals surface area contributed by atoms with E-state index in [2.05, 4.69) is 51.7 Å². The van der Waals surface area contributed by atoms with Crippen LogP contribution in [0.2, 0.25) is 0 Å². The number of hydrogen-bond donors (Lipinski definition) is 2. The fourth-order valence-electron chi connectivity index (χ4n) is 3.43. The van der Waals surface area contributed by atoms with Crippen molar-refractivity contribution < 1.29 is 14.3 Å². The van der Waals surface area contributed by atoms with Crippen LogP contribution in [0.4, 0.5) is 16.2 Å². The number of thioether (sulfide) groups is 1. The van der Waals surface area contributed by atoms with Crippen molar-refractivity contribution in [3.8, 4) is 17.1 Å². The minimum absolute atomic E-state index is 0.0368. The summed E-state index contributed by atoms with van der Waals surface area (Å²) in [5.41, 5.74) is 2.68. The van der Waals surface area contributed by atoms with E-state index in [1.807, 2.05) is 23.6 Å². The Hall–Kier alpha value is -3.53. The van der Waals surface area contributed by atoms with E-state index >= 15 is 0 Å². The number of nitrogens with one attached hydrogen (secondary N) is 2. The van der Waals surface area contributed by atoms with E-state index in [0.29, 0.717) is 23.1 Å². The second-order valence-corrected chi connectivity index (χ2v) is 8.23. The minimum Gasteiger partial charge on any atom is -0.497 e. The monoisotopic (exact) mass is 482 g/mol. The summed E-state index contributed by atoms with van der Waals surface area (Å²) in [4.78, 5) is 26.7. The number of methoxy groups -OCH3 is 1. The number of rotatable bonds is 10. The van der Waals surface area contributed by atoms with Crippen LogP contribution in [-0.4, -0.2) is 52.7 Å².